The highest BCUT2D eigenvalue weighted by molar-refractivity contribution is 7.09. The van der Waals surface area contributed by atoms with Crippen LogP contribution in [0, 0.1) is 5.92 Å². The van der Waals surface area contributed by atoms with Gasteiger partial charge in [0.05, 0.1) is 6.54 Å². The Hall–Kier alpha value is -2.14. The van der Waals surface area contributed by atoms with Crippen LogP contribution in [0.5, 0.6) is 0 Å². The molecule has 0 radical (unpaired) electrons. The Balaban J connectivity index is 1.47. The Morgan fingerprint density at radius 1 is 0.929 bits per heavy atom. The van der Waals surface area contributed by atoms with Gasteiger partial charge in [0.2, 0.25) is 11.8 Å². The van der Waals surface area contributed by atoms with E-state index in [4.69, 9.17) is 0 Å². The Morgan fingerprint density at radius 2 is 1.68 bits per heavy atom. The van der Waals surface area contributed by atoms with Crippen LogP contribution in [0.2, 0.25) is 0 Å². The lowest BCUT2D eigenvalue weighted by molar-refractivity contribution is -0.144. The Labute approximate surface area is 171 Å². The van der Waals surface area contributed by atoms with Gasteiger partial charge in [0.25, 0.3) is 0 Å². The van der Waals surface area contributed by atoms with Crippen LogP contribution in [0.15, 0.2) is 47.8 Å². The zero-order valence-corrected chi connectivity index (χ0v) is 17.1. The first kappa shape index (κ1) is 19.2. The van der Waals surface area contributed by atoms with E-state index in [2.05, 4.69) is 18.2 Å². The molecule has 0 spiro atoms. The molecule has 2 aliphatic rings. The van der Waals surface area contributed by atoms with Gasteiger partial charge in [-0.15, -0.1) is 11.3 Å². The molecule has 0 atom stereocenters. The third kappa shape index (κ3) is 4.82. The van der Waals surface area contributed by atoms with Crippen molar-refractivity contribution in [2.24, 2.45) is 5.92 Å². The lowest BCUT2D eigenvalue weighted by Crippen LogP contribution is -2.45. The van der Waals surface area contributed by atoms with E-state index in [1.54, 1.807) is 11.3 Å². The lowest BCUT2D eigenvalue weighted by atomic mass is 10.1. The maximum absolute atomic E-state index is 13.3. The van der Waals surface area contributed by atoms with Crippen molar-refractivity contribution in [3.63, 3.8) is 0 Å². The number of nitrogens with zero attached hydrogens (tertiary/aromatic N) is 2. The molecule has 5 heteroatoms. The SMILES string of the molecule is O=C(CN(C(=O)C1CCCC1)C1CC1)N(Cc1ccccc1)Cc1cccs1. The standard InChI is InChI=1S/C23H28N2O2S/c26-22(17-25(20-12-13-20)23(27)19-9-4-5-10-19)24(16-21-11-6-14-28-21)15-18-7-2-1-3-8-18/h1-3,6-8,11,14,19-20H,4-5,9-10,12-13,15-17H2. The van der Waals surface area contributed by atoms with Gasteiger partial charge < -0.3 is 9.80 Å². The molecule has 28 heavy (non-hydrogen) atoms. The summed E-state index contributed by atoms with van der Waals surface area (Å²) >= 11 is 1.67. The molecule has 1 aromatic heterocycles. The zero-order chi connectivity index (χ0) is 19.3. The van der Waals surface area contributed by atoms with Crippen LogP contribution in [0.1, 0.15) is 49.0 Å². The summed E-state index contributed by atoms with van der Waals surface area (Å²) in [7, 11) is 0. The minimum Gasteiger partial charge on any atom is -0.332 e. The third-order valence-electron chi connectivity index (χ3n) is 5.78. The molecule has 1 aromatic carbocycles. The lowest BCUT2D eigenvalue weighted by Gasteiger charge is -2.29. The predicted molar refractivity (Wildman–Crippen MR) is 112 cm³/mol. The van der Waals surface area contributed by atoms with Crippen LogP contribution in [0.3, 0.4) is 0 Å². The highest BCUT2D eigenvalue weighted by Gasteiger charge is 2.38. The normalized spacial score (nSPS) is 16.9. The number of rotatable bonds is 8. The van der Waals surface area contributed by atoms with Gasteiger partial charge in [-0.1, -0.05) is 49.2 Å². The van der Waals surface area contributed by atoms with Crippen LogP contribution in [0.25, 0.3) is 0 Å². The van der Waals surface area contributed by atoms with Crippen molar-refractivity contribution < 1.29 is 9.59 Å². The summed E-state index contributed by atoms with van der Waals surface area (Å²) in [5.74, 6) is 0.396. The van der Waals surface area contributed by atoms with Gasteiger partial charge in [-0.05, 0) is 42.7 Å². The van der Waals surface area contributed by atoms with Crippen molar-refractivity contribution in [1.82, 2.24) is 9.80 Å². The fourth-order valence-electron chi connectivity index (χ4n) is 4.05. The first-order valence-corrected chi connectivity index (χ1v) is 11.2. The summed E-state index contributed by atoms with van der Waals surface area (Å²) in [4.78, 5) is 31.3. The summed E-state index contributed by atoms with van der Waals surface area (Å²) in [6.45, 7) is 1.40. The van der Waals surface area contributed by atoms with Gasteiger partial charge in [-0.3, -0.25) is 9.59 Å². The van der Waals surface area contributed by atoms with Gasteiger partial charge in [0.15, 0.2) is 0 Å². The molecule has 2 fully saturated rings. The summed E-state index contributed by atoms with van der Waals surface area (Å²) in [6.07, 6.45) is 6.33. The maximum atomic E-state index is 13.3. The topological polar surface area (TPSA) is 40.6 Å². The first-order valence-electron chi connectivity index (χ1n) is 10.4. The van der Waals surface area contributed by atoms with E-state index in [1.807, 2.05) is 39.4 Å². The number of hydrogen-bond acceptors (Lipinski definition) is 3. The Morgan fingerprint density at radius 3 is 2.32 bits per heavy atom. The number of carbonyl (C=O) groups excluding carboxylic acids is 2. The molecule has 0 aliphatic heterocycles. The summed E-state index contributed by atoms with van der Waals surface area (Å²) in [5.41, 5.74) is 1.12. The molecule has 4 nitrogen and oxygen atoms in total. The van der Waals surface area contributed by atoms with E-state index in [1.165, 1.54) is 4.88 Å². The summed E-state index contributed by atoms with van der Waals surface area (Å²) in [6, 6.07) is 14.5. The second-order valence-electron chi connectivity index (χ2n) is 7.99. The smallest absolute Gasteiger partial charge is 0.242 e. The van der Waals surface area contributed by atoms with E-state index >= 15 is 0 Å². The predicted octanol–water partition coefficient (Wildman–Crippen LogP) is 4.46. The van der Waals surface area contributed by atoms with Crippen molar-refractivity contribution in [3.05, 3.63) is 58.3 Å². The molecule has 2 aliphatic carbocycles. The fourth-order valence-corrected chi connectivity index (χ4v) is 4.77. The van der Waals surface area contributed by atoms with Gasteiger partial charge in [0.1, 0.15) is 6.54 Å². The van der Waals surface area contributed by atoms with Crippen LogP contribution in [-0.2, 0) is 22.7 Å². The van der Waals surface area contributed by atoms with E-state index < -0.39 is 0 Å². The molecular formula is C23H28N2O2S. The second-order valence-corrected chi connectivity index (χ2v) is 9.03. The Bertz CT molecular complexity index is 780. The number of hydrogen-bond donors (Lipinski definition) is 0. The van der Waals surface area contributed by atoms with Crippen molar-refractivity contribution in [1.29, 1.82) is 0 Å². The maximum Gasteiger partial charge on any atom is 0.242 e. The number of carbonyl (C=O) groups is 2. The van der Waals surface area contributed by atoms with E-state index in [9.17, 15) is 9.59 Å². The van der Waals surface area contributed by atoms with Crippen LogP contribution < -0.4 is 0 Å². The van der Waals surface area contributed by atoms with Crippen LogP contribution in [0.4, 0.5) is 0 Å². The minimum atomic E-state index is 0.0514. The van der Waals surface area contributed by atoms with Crippen molar-refractivity contribution in [3.8, 4) is 0 Å². The summed E-state index contributed by atoms with van der Waals surface area (Å²) < 4.78 is 0. The number of thiophene rings is 1. The molecule has 2 amide bonds. The molecule has 0 bridgehead atoms. The highest BCUT2D eigenvalue weighted by atomic mass is 32.1. The summed E-state index contributed by atoms with van der Waals surface area (Å²) in [5, 5.41) is 2.04. The molecular weight excluding hydrogens is 368 g/mol. The molecule has 2 aromatic rings. The number of benzene rings is 1. The van der Waals surface area contributed by atoms with Crippen molar-refractivity contribution in [2.75, 3.05) is 6.54 Å². The quantitative estimate of drug-likeness (QED) is 0.661. The molecule has 0 unspecified atom stereocenters. The van der Waals surface area contributed by atoms with E-state index in [0.29, 0.717) is 13.1 Å². The van der Waals surface area contributed by atoms with Crippen LogP contribution in [-0.4, -0.2) is 34.2 Å². The number of amides is 2. The molecule has 0 N–H and O–H groups in total. The van der Waals surface area contributed by atoms with Crippen molar-refractivity contribution >= 4 is 23.2 Å². The highest BCUT2D eigenvalue weighted by Crippen LogP contribution is 2.33. The fraction of sp³-hybridized carbons (Fsp3) is 0.478. The van der Waals surface area contributed by atoms with Crippen LogP contribution >= 0.6 is 11.3 Å². The molecule has 2 saturated carbocycles. The monoisotopic (exact) mass is 396 g/mol. The first-order chi connectivity index (χ1) is 13.7. The Kier molecular flexibility index (Phi) is 6.10. The minimum absolute atomic E-state index is 0.0514. The van der Waals surface area contributed by atoms with Gasteiger partial charge >= 0.3 is 0 Å². The average molecular weight is 397 g/mol. The second kappa shape index (κ2) is 8.91. The largest absolute Gasteiger partial charge is 0.332 e. The van der Waals surface area contributed by atoms with E-state index in [0.717, 1.165) is 44.1 Å². The van der Waals surface area contributed by atoms with Gasteiger partial charge in [-0.25, -0.2) is 0 Å². The van der Waals surface area contributed by atoms with E-state index in [-0.39, 0.29) is 30.3 Å². The van der Waals surface area contributed by atoms with Gasteiger partial charge in [0, 0.05) is 23.4 Å². The van der Waals surface area contributed by atoms with Crippen molar-refractivity contribution in [2.45, 2.75) is 57.7 Å². The third-order valence-corrected chi connectivity index (χ3v) is 6.64. The molecule has 0 saturated heterocycles. The molecule has 4 rings (SSSR count). The molecule has 148 valence electrons. The average Bonchev–Trinajstić information content (AvgIpc) is 3.18. The zero-order valence-electron chi connectivity index (χ0n) is 16.3. The molecule has 1 heterocycles. The van der Waals surface area contributed by atoms with Gasteiger partial charge in [-0.2, -0.15) is 0 Å².